The van der Waals surface area contributed by atoms with E-state index in [1.807, 2.05) is 61.5 Å². The molecule has 0 aliphatic rings. The number of halogens is 1. The molecule has 3 aromatic carbocycles. The van der Waals surface area contributed by atoms with Crippen LogP contribution in [0.3, 0.4) is 0 Å². The second-order valence-corrected chi connectivity index (χ2v) is 8.11. The van der Waals surface area contributed by atoms with Gasteiger partial charge in [-0.2, -0.15) is 9.61 Å². The van der Waals surface area contributed by atoms with Crippen LogP contribution in [-0.2, 0) is 6.42 Å². The fourth-order valence-corrected chi connectivity index (χ4v) is 4.46. The Labute approximate surface area is 181 Å². The van der Waals surface area contributed by atoms with Gasteiger partial charge in [0.15, 0.2) is 5.82 Å². The highest BCUT2D eigenvalue weighted by Gasteiger charge is 2.14. The largest absolute Gasteiger partial charge is 0.322 e. The minimum absolute atomic E-state index is 0.179. The minimum atomic E-state index is -0.179. The van der Waals surface area contributed by atoms with Gasteiger partial charge in [0.2, 0.25) is 4.96 Å². The number of hydrogen-bond donors (Lipinski definition) is 1. The van der Waals surface area contributed by atoms with Gasteiger partial charge in [-0.25, -0.2) is 0 Å². The molecule has 0 saturated carbocycles. The zero-order valence-electron chi connectivity index (χ0n) is 16.0. The van der Waals surface area contributed by atoms with Gasteiger partial charge < -0.3 is 5.32 Å². The van der Waals surface area contributed by atoms with Crippen molar-refractivity contribution >= 4 is 50.3 Å². The summed E-state index contributed by atoms with van der Waals surface area (Å²) in [5, 5.41) is 19.0. The van der Waals surface area contributed by atoms with Crippen LogP contribution in [0.1, 0.15) is 23.1 Å². The van der Waals surface area contributed by atoms with Gasteiger partial charge in [0.05, 0.1) is 0 Å². The molecule has 1 N–H and O–H groups in total. The predicted molar refractivity (Wildman–Crippen MR) is 120 cm³/mol. The van der Waals surface area contributed by atoms with Gasteiger partial charge in [0, 0.05) is 33.6 Å². The Morgan fingerprint density at radius 1 is 1.03 bits per heavy atom. The molecule has 2 aromatic heterocycles. The van der Waals surface area contributed by atoms with Crippen molar-refractivity contribution < 1.29 is 4.79 Å². The molecule has 0 aliphatic heterocycles. The van der Waals surface area contributed by atoms with Gasteiger partial charge in [-0.05, 0) is 41.8 Å². The number of nitrogens with one attached hydrogen (secondary N) is 1. The molecule has 5 aromatic rings. The molecular weight excluding hydrogens is 418 g/mol. The van der Waals surface area contributed by atoms with E-state index in [4.69, 9.17) is 11.6 Å². The van der Waals surface area contributed by atoms with Crippen LogP contribution in [0.15, 0.2) is 60.7 Å². The predicted octanol–water partition coefficient (Wildman–Crippen LogP) is 5.47. The van der Waals surface area contributed by atoms with Crippen LogP contribution >= 0.6 is 22.9 Å². The van der Waals surface area contributed by atoms with Crippen LogP contribution < -0.4 is 5.32 Å². The Morgan fingerprint density at radius 2 is 1.80 bits per heavy atom. The standard InChI is InChI=1S/C22H16ClN5OS/c1-2-19-25-26-22-28(19)27-21(30-22)13-9-11-14(12-10-13)24-20(29)17-7-3-6-16-15(17)5-4-8-18(16)23/h3-12H,2H2,1H3,(H,24,29). The maximum absolute atomic E-state index is 12.9. The molecule has 5 rings (SSSR count). The van der Waals surface area contributed by atoms with E-state index in [-0.39, 0.29) is 5.91 Å². The maximum Gasteiger partial charge on any atom is 0.256 e. The average molecular weight is 434 g/mol. The Balaban J connectivity index is 1.40. The highest BCUT2D eigenvalue weighted by Crippen LogP contribution is 2.28. The summed E-state index contributed by atoms with van der Waals surface area (Å²) in [5.74, 6) is 0.661. The van der Waals surface area contributed by atoms with Gasteiger partial charge >= 0.3 is 0 Å². The number of hydrogen-bond acceptors (Lipinski definition) is 5. The molecule has 0 aliphatic carbocycles. The Bertz CT molecular complexity index is 1390. The van der Waals surface area contributed by atoms with Crippen molar-refractivity contribution in [1.29, 1.82) is 0 Å². The molecule has 6 nitrogen and oxygen atoms in total. The second-order valence-electron chi connectivity index (χ2n) is 6.74. The number of nitrogens with zero attached hydrogens (tertiary/aromatic N) is 4. The van der Waals surface area contributed by atoms with E-state index in [1.165, 1.54) is 11.3 Å². The van der Waals surface area contributed by atoms with Gasteiger partial charge in [-0.1, -0.05) is 54.1 Å². The number of benzene rings is 3. The summed E-state index contributed by atoms with van der Waals surface area (Å²) in [6.45, 7) is 2.02. The fourth-order valence-electron chi connectivity index (χ4n) is 3.36. The third-order valence-electron chi connectivity index (χ3n) is 4.87. The molecule has 0 atom stereocenters. The Morgan fingerprint density at radius 3 is 2.60 bits per heavy atom. The lowest BCUT2D eigenvalue weighted by molar-refractivity contribution is 0.102. The fraction of sp³-hybridized carbons (Fsp3) is 0.0909. The van der Waals surface area contributed by atoms with Crippen LogP contribution in [-0.4, -0.2) is 25.7 Å². The van der Waals surface area contributed by atoms with E-state index in [9.17, 15) is 4.79 Å². The molecule has 2 heterocycles. The van der Waals surface area contributed by atoms with Crippen LogP contribution in [0, 0.1) is 0 Å². The van der Waals surface area contributed by atoms with E-state index in [0.29, 0.717) is 16.3 Å². The first kappa shape index (κ1) is 18.7. The number of rotatable bonds is 4. The topological polar surface area (TPSA) is 72.2 Å². The molecule has 0 fully saturated rings. The molecule has 8 heteroatoms. The third kappa shape index (κ3) is 3.22. The number of carbonyl (C=O) groups excluding carboxylic acids is 1. The van der Waals surface area contributed by atoms with Crippen molar-refractivity contribution in [1.82, 2.24) is 19.8 Å². The van der Waals surface area contributed by atoms with E-state index in [1.54, 1.807) is 10.6 Å². The summed E-state index contributed by atoms with van der Waals surface area (Å²) >= 11 is 7.75. The molecule has 0 bridgehead atoms. The first-order chi connectivity index (χ1) is 14.6. The van der Waals surface area contributed by atoms with Crippen LogP contribution in [0.4, 0.5) is 5.69 Å². The zero-order valence-corrected chi connectivity index (χ0v) is 17.5. The van der Waals surface area contributed by atoms with E-state index < -0.39 is 0 Å². The molecule has 148 valence electrons. The molecule has 0 unspecified atom stereocenters. The Hall–Kier alpha value is -3.29. The lowest BCUT2D eigenvalue weighted by atomic mass is 10.0. The summed E-state index contributed by atoms with van der Waals surface area (Å²) in [4.78, 5) is 13.6. The van der Waals surface area contributed by atoms with E-state index >= 15 is 0 Å². The van der Waals surface area contributed by atoms with Gasteiger partial charge in [0.25, 0.3) is 5.91 Å². The number of anilines is 1. The van der Waals surface area contributed by atoms with Crippen LogP contribution in [0.5, 0.6) is 0 Å². The lowest BCUT2D eigenvalue weighted by Crippen LogP contribution is -2.12. The van der Waals surface area contributed by atoms with Crippen LogP contribution in [0.2, 0.25) is 5.02 Å². The number of fused-ring (bicyclic) bond motifs is 2. The first-order valence-corrected chi connectivity index (χ1v) is 10.6. The van der Waals surface area contributed by atoms with Gasteiger partial charge in [-0.3, -0.25) is 4.79 Å². The Kier molecular flexibility index (Phi) is 4.69. The molecule has 0 spiro atoms. The lowest BCUT2D eigenvalue weighted by Gasteiger charge is -2.09. The highest BCUT2D eigenvalue weighted by molar-refractivity contribution is 7.19. The SMILES string of the molecule is CCc1nnc2sc(-c3ccc(NC(=O)c4cccc5c(Cl)cccc45)cc3)nn12. The summed E-state index contributed by atoms with van der Waals surface area (Å²) in [6.07, 6.45) is 0.773. The maximum atomic E-state index is 12.9. The van der Waals surface area contributed by atoms with Crippen molar-refractivity contribution in [3.8, 4) is 10.6 Å². The highest BCUT2D eigenvalue weighted by atomic mass is 35.5. The molecule has 0 saturated heterocycles. The number of aryl methyl sites for hydroxylation is 1. The zero-order chi connectivity index (χ0) is 20.7. The molecule has 30 heavy (non-hydrogen) atoms. The third-order valence-corrected chi connectivity index (χ3v) is 6.15. The first-order valence-electron chi connectivity index (χ1n) is 9.44. The number of amides is 1. The van der Waals surface area contributed by atoms with Crippen molar-refractivity contribution in [2.45, 2.75) is 13.3 Å². The van der Waals surface area contributed by atoms with Crippen molar-refractivity contribution in [2.24, 2.45) is 0 Å². The summed E-state index contributed by atoms with van der Waals surface area (Å²) in [7, 11) is 0. The number of aromatic nitrogens is 4. The average Bonchev–Trinajstić information content (AvgIpc) is 3.35. The van der Waals surface area contributed by atoms with Gasteiger partial charge in [-0.15, -0.1) is 10.2 Å². The van der Waals surface area contributed by atoms with Gasteiger partial charge in [0.1, 0.15) is 5.01 Å². The number of carbonyl (C=O) groups is 1. The summed E-state index contributed by atoms with van der Waals surface area (Å²) in [6, 6.07) is 18.7. The van der Waals surface area contributed by atoms with E-state index in [2.05, 4.69) is 20.6 Å². The van der Waals surface area contributed by atoms with Crippen LogP contribution in [0.25, 0.3) is 26.3 Å². The molecule has 1 amide bonds. The van der Waals surface area contributed by atoms with E-state index in [0.717, 1.165) is 38.5 Å². The quantitative estimate of drug-likeness (QED) is 0.407. The molecular formula is C22H16ClN5OS. The summed E-state index contributed by atoms with van der Waals surface area (Å²) in [5.41, 5.74) is 2.25. The summed E-state index contributed by atoms with van der Waals surface area (Å²) < 4.78 is 1.78. The monoisotopic (exact) mass is 433 g/mol. The van der Waals surface area contributed by atoms with Crippen molar-refractivity contribution in [3.63, 3.8) is 0 Å². The van der Waals surface area contributed by atoms with Crippen molar-refractivity contribution in [3.05, 3.63) is 77.1 Å². The van der Waals surface area contributed by atoms with Crippen molar-refractivity contribution in [2.75, 3.05) is 5.32 Å². The normalized spacial score (nSPS) is 11.3. The molecule has 0 radical (unpaired) electrons. The second kappa shape index (κ2) is 7.51. The smallest absolute Gasteiger partial charge is 0.256 e. The minimum Gasteiger partial charge on any atom is -0.322 e.